The molecule has 0 aromatic carbocycles. The summed E-state index contributed by atoms with van der Waals surface area (Å²) in [7, 11) is 0. The number of nitrogens with one attached hydrogen (secondary N) is 1. The molecule has 5 heteroatoms. The van der Waals surface area contributed by atoms with Crippen molar-refractivity contribution in [1.29, 1.82) is 0 Å². The van der Waals surface area contributed by atoms with Crippen LogP contribution in [0.5, 0.6) is 0 Å². The second kappa shape index (κ2) is 6.19. The van der Waals surface area contributed by atoms with Crippen LogP contribution in [0.2, 0.25) is 0 Å². The molecule has 3 atom stereocenters. The smallest absolute Gasteiger partial charge is 0.223 e. The van der Waals surface area contributed by atoms with Crippen LogP contribution in [-0.4, -0.2) is 28.0 Å². The average Bonchev–Trinajstić information content (AvgIpc) is 2.96. The van der Waals surface area contributed by atoms with E-state index < -0.39 is 0 Å². The highest BCUT2D eigenvalue weighted by Gasteiger charge is 2.27. The minimum Gasteiger partial charge on any atom is -0.356 e. The van der Waals surface area contributed by atoms with E-state index >= 15 is 0 Å². The van der Waals surface area contributed by atoms with Gasteiger partial charge in [-0.25, -0.2) is 4.98 Å². The van der Waals surface area contributed by atoms with E-state index in [4.69, 9.17) is 5.73 Å². The Kier molecular flexibility index (Phi) is 4.58. The molecule has 2 rings (SSSR count). The highest BCUT2D eigenvalue weighted by molar-refractivity contribution is 5.78. The van der Waals surface area contributed by atoms with Crippen molar-refractivity contribution in [3.05, 3.63) is 18.2 Å². The zero-order chi connectivity index (χ0) is 13.8. The van der Waals surface area contributed by atoms with Gasteiger partial charge in [-0.05, 0) is 32.1 Å². The van der Waals surface area contributed by atoms with E-state index in [-0.39, 0.29) is 17.9 Å². The molecule has 1 saturated carbocycles. The summed E-state index contributed by atoms with van der Waals surface area (Å²) in [5, 5.41) is 3.05. The third-order valence-corrected chi connectivity index (χ3v) is 3.90. The van der Waals surface area contributed by atoms with Crippen LogP contribution in [0.25, 0.3) is 0 Å². The number of hydrogen-bond donors (Lipinski definition) is 2. The van der Waals surface area contributed by atoms with Crippen LogP contribution in [-0.2, 0) is 11.3 Å². The van der Waals surface area contributed by atoms with E-state index in [1.807, 2.05) is 13.1 Å². The number of aryl methyl sites for hydroxylation is 1. The van der Waals surface area contributed by atoms with Crippen LogP contribution in [0.4, 0.5) is 0 Å². The Morgan fingerprint density at radius 2 is 2.42 bits per heavy atom. The molecule has 1 aromatic rings. The zero-order valence-electron chi connectivity index (χ0n) is 11.8. The maximum absolute atomic E-state index is 12.0. The van der Waals surface area contributed by atoms with Gasteiger partial charge in [0.25, 0.3) is 0 Å². The Morgan fingerprint density at radius 3 is 3.00 bits per heavy atom. The monoisotopic (exact) mass is 264 g/mol. The number of nitrogens with two attached hydrogens (primary N) is 1. The van der Waals surface area contributed by atoms with E-state index in [1.54, 1.807) is 6.20 Å². The van der Waals surface area contributed by atoms with Crippen LogP contribution in [0.15, 0.2) is 12.4 Å². The van der Waals surface area contributed by atoms with Crippen LogP contribution in [0.3, 0.4) is 0 Å². The third-order valence-electron chi connectivity index (χ3n) is 3.90. The van der Waals surface area contributed by atoms with Crippen molar-refractivity contribution in [2.45, 2.75) is 45.7 Å². The fourth-order valence-electron chi connectivity index (χ4n) is 2.67. The maximum atomic E-state index is 12.0. The minimum absolute atomic E-state index is 0.122. The van der Waals surface area contributed by atoms with Gasteiger partial charge in [0.05, 0.1) is 0 Å². The lowest BCUT2D eigenvalue weighted by Crippen LogP contribution is -2.34. The number of imidazole rings is 1. The first kappa shape index (κ1) is 14.1. The standard InChI is InChI=1S/C14H24N4O/c1-10(9-18-6-5-16-11(18)2)8-17-14(19)12-3-4-13(15)7-12/h5-6,10,12-13H,3-4,7-9,15H2,1-2H3,(H,17,19). The van der Waals surface area contributed by atoms with Crippen molar-refractivity contribution in [3.8, 4) is 0 Å². The van der Waals surface area contributed by atoms with Gasteiger partial charge in [-0.2, -0.15) is 0 Å². The highest BCUT2D eigenvalue weighted by atomic mass is 16.1. The van der Waals surface area contributed by atoms with E-state index in [0.717, 1.165) is 31.6 Å². The Labute approximate surface area is 114 Å². The number of aromatic nitrogens is 2. The quantitative estimate of drug-likeness (QED) is 0.835. The first-order chi connectivity index (χ1) is 9.06. The lowest BCUT2D eigenvalue weighted by atomic mass is 10.1. The summed E-state index contributed by atoms with van der Waals surface area (Å²) in [5.74, 6) is 1.70. The van der Waals surface area contributed by atoms with Crippen molar-refractivity contribution in [3.63, 3.8) is 0 Å². The number of carbonyl (C=O) groups is 1. The normalized spacial score (nSPS) is 24.4. The maximum Gasteiger partial charge on any atom is 0.223 e. The molecule has 0 spiro atoms. The number of hydrogen-bond acceptors (Lipinski definition) is 3. The molecule has 0 bridgehead atoms. The second-order valence-electron chi connectivity index (χ2n) is 5.75. The molecule has 3 N–H and O–H groups in total. The Hall–Kier alpha value is -1.36. The van der Waals surface area contributed by atoms with Gasteiger partial charge < -0.3 is 15.6 Å². The Morgan fingerprint density at radius 1 is 1.63 bits per heavy atom. The number of carbonyl (C=O) groups excluding carboxylic acids is 1. The summed E-state index contributed by atoms with van der Waals surface area (Å²) in [6.45, 7) is 5.73. The second-order valence-corrected chi connectivity index (χ2v) is 5.75. The average molecular weight is 264 g/mol. The topological polar surface area (TPSA) is 72.9 Å². The fourth-order valence-corrected chi connectivity index (χ4v) is 2.67. The first-order valence-corrected chi connectivity index (χ1v) is 7.07. The van der Waals surface area contributed by atoms with Gasteiger partial charge in [-0.15, -0.1) is 0 Å². The predicted octanol–water partition coefficient (Wildman–Crippen LogP) is 1.07. The van der Waals surface area contributed by atoms with Crippen molar-refractivity contribution in [2.24, 2.45) is 17.6 Å². The number of amides is 1. The molecule has 3 unspecified atom stereocenters. The molecule has 0 radical (unpaired) electrons. The molecule has 1 aliphatic rings. The molecule has 106 valence electrons. The van der Waals surface area contributed by atoms with Crippen LogP contribution < -0.4 is 11.1 Å². The lowest BCUT2D eigenvalue weighted by Gasteiger charge is -2.16. The van der Waals surface area contributed by atoms with Gasteiger partial charge in [0, 0.05) is 37.4 Å². The summed E-state index contributed by atoms with van der Waals surface area (Å²) in [5.41, 5.74) is 5.84. The molecule has 1 heterocycles. The van der Waals surface area contributed by atoms with E-state index in [9.17, 15) is 4.79 Å². The zero-order valence-corrected chi connectivity index (χ0v) is 11.8. The van der Waals surface area contributed by atoms with Gasteiger partial charge in [0.1, 0.15) is 5.82 Å². The van der Waals surface area contributed by atoms with Crippen molar-refractivity contribution in [1.82, 2.24) is 14.9 Å². The molecule has 0 saturated heterocycles. The largest absolute Gasteiger partial charge is 0.356 e. The van der Waals surface area contributed by atoms with Gasteiger partial charge >= 0.3 is 0 Å². The summed E-state index contributed by atoms with van der Waals surface area (Å²) >= 11 is 0. The van der Waals surface area contributed by atoms with E-state index in [0.29, 0.717) is 12.5 Å². The molecule has 5 nitrogen and oxygen atoms in total. The summed E-state index contributed by atoms with van der Waals surface area (Å²) in [6.07, 6.45) is 6.52. The summed E-state index contributed by atoms with van der Waals surface area (Å²) < 4.78 is 2.11. The minimum atomic E-state index is 0.122. The molecular weight excluding hydrogens is 240 g/mol. The van der Waals surface area contributed by atoms with Gasteiger partial charge in [0.15, 0.2) is 0 Å². The molecule has 0 aliphatic heterocycles. The van der Waals surface area contributed by atoms with Crippen LogP contribution in [0.1, 0.15) is 32.0 Å². The van der Waals surface area contributed by atoms with Gasteiger partial charge in [0.2, 0.25) is 5.91 Å². The fraction of sp³-hybridized carbons (Fsp3) is 0.714. The third kappa shape index (κ3) is 3.80. The molecule has 1 amide bonds. The Balaban J connectivity index is 1.73. The molecule has 19 heavy (non-hydrogen) atoms. The molecule has 1 fully saturated rings. The van der Waals surface area contributed by atoms with E-state index in [1.165, 1.54) is 0 Å². The summed E-state index contributed by atoms with van der Waals surface area (Å²) in [4.78, 5) is 16.2. The summed E-state index contributed by atoms with van der Waals surface area (Å²) in [6, 6.07) is 0.210. The SMILES string of the molecule is Cc1nccn1CC(C)CNC(=O)C1CCC(N)C1. The molecule has 1 aromatic heterocycles. The Bertz CT molecular complexity index is 429. The number of rotatable bonds is 5. The van der Waals surface area contributed by atoms with Gasteiger partial charge in [-0.3, -0.25) is 4.79 Å². The van der Waals surface area contributed by atoms with Crippen LogP contribution in [0, 0.1) is 18.8 Å². The van der Waals surface area contributed by atoms with Crippen LogP contribution >= 0.6 is 0 Å². The van der Waals surface area contributed by atoms with E-state index in [2.05, 4.69) is 21.8 Å². The highest BCUT2D eigenvalue weighted by Crippen LogP contribution is 2.24. The van der Waals surface area contributed by atoms with Gasteiger partial charge in [-0.1, -0.05) is 6.92 Å². The van der Waals surface area contributed by atoms with Crippen molar-refractivity contribution >= 4 is 5.91 Å². The lowest BCUT2D eigenvalue weighted by molar-refractivity contribution is -0.125. The molecule has 1 aliphatic carbocycles. The predicted molar refractivity (Wildman–Crippen MR) is 74.5 cm³/mol. The molecular formula is C14H24N4O. The van der Waals surface area contributed by atoms with Crippen molar-refractivity contribution < 1.29 is 4.79 Å². The van der Waals surface area contributed by atoms with Crippen molar-refractivity contribution in [2.75, 3.05) is 6.54 Å². The first-order valence-electron chi connectivity index (χ1n) is 7.07. The number of nitrogens with zero attached hydrogens (tertiary/aromatic N) is 2.